The van der Waals surface area contributed by atoms with E-state index in [2.05, 4.69) is 5.43 Å². The van der Waals surface area contributed by atoms with Gasteiger partial charge in [0.15, 0.2) is 0 Å². The third-order valence-electron chi connectivity index (χ3n) is 1.50. The molecule has 0 aromatic heterocycles. The van der Waals surface area contributed by atoms with Crippen molar-refractivity contribution in [2.24, 2.45) is 0 Å². The van der Waals surface area contributed by atoms with Crippen LogP contribution in [0.3, 0.4) is 0 Å². The first kappa shape index (κ1) is 11.8. The van der Waals surface area contributed by atoms with Crippen molar-refractivity contribution in [3.8, 4) is 0 Å². The zero-order valence-electron chi connectivity index (χ0n) is 8.81. The monoisotopic (exact) mass is 222 g/mol. The average Bonchev–Trinajstić information content (AvgIpc) is 2.18. The lowest BCUT2D eigenvalue weighted by Crippen LogP contribution is -2.34. The molecule has 0 saturated carbocycles. The minimum atomic E-state index is -0.122. The van der Waals surface area contributed by atoms with Gasteiger partial charge in [0.2, 0.25) is 0 Å². The fourth-order valence-electron chi connectivity index (χ4n) is 0.931. The van der Waals surface area contributed by atoms with E-state index in [0.717, 1.165) is 4.90 Å². The zero-order valence-corrected chi connectivity index (χ0v) is 9.62. The second-order valence-electron chi connectivity index (χ2n) is 3.10. The normalized spacial score (nSPS) is 10.9. The molecule has 1 amide bonds. The first-order chi connectivity index (χ1) is 7.18. The molecule has 0 fully saturated rings. The third kappa shape index (κ3) is 5.24. The summed E-state index contributed by atoms with van der Waals surface area (Å²) in [5.74, 6) is -0.122. The van der Waals surface area contributed by atoms with E-state index < -0.39 is 0 Å². The topological polar surface area (TPSA) is 32.3 Å². The van der Waals surface area contributed by atoms with Crippen LogP contribution in [0.5, 0.6) is 0 Å². The Morgan fingerprint density at radius 2 is 2.00 bits per heavy atom. The van der Waals surface area contributed by atoms with Gasteiger partial charge in [0.1, 0.15) is 0 Å². The maximum absolute atomic E-state index is 11.2. The van der Waals surface area contributed by atoms with Gasteiger partial charge in [-0.15, -0.1) is 0 Å². The first-order valence-electron chi connectivity index (χ1n) is 4.54. The van der Waals surface area contributed by atoms with Crippen molar-refractivity contribution in [3.63, 3.8) is 0 Å². The molecular formula is C11H14N2OS. The lowest BCUT2D eigenvalue weighted by Gasteiger charge is -2.08. The van der Waals surface area contributed by atoms with Gasteiger partial charge >= 0.3 is 0 Å². The lowest BCUT2D eigenvalue weighted by atomic mass is 10.4. The fraction of sp³-hybridized carbons (Fsp3) is 0.182. The molecule has 0 radical (unpaired) electrons. The molecule has 3 nitrogen and oxygen atoms in total. The molecule has 0 saturated heterocycles. The largest absolute Gasteiger partial charge is 0.286 e. The van der Waals surface area contributed by atoms with Crippen molar-refractivity contribution in [1.82, 2.24) is 10.4 Å². The van der Waals surface area contributed by atoms with Gasteiger partial charge in [-0.3, -0.25) is 10.2 Å². The van der Waals surface area contributed by atoms with Crippen LogP contribution in [0.1, 0.15) is 0 Å². The van der Waals surface area contributed by atoms with Gasteiger partial charge in [0.05, 0.1) is 0 Å². The number of carbonyl (C=O) groups is 1. The van der Waals surface area contributed by atoms with Crippen LogP contribution in [0.2, 0.25) is 0 Å². The molecule has 0 atom stereocenters. The molecule has 1 N–H and O–H groups in total. The summed E-state index contributed by atoms with van der Waals surface area (Å²) >= 11 is 1.52. The Kier molecular flexibility index (Phi) is 4.93. The molecule has 1 aromatic rings. The van der Waals surface area contributed by atoms with Gasteiger partial charge < -0.3 is 0 Å². The molecule has 80 valence electrons. The van der Waals surface area contributed by atoms with Crippen molar-refractivity contribution in [2.75, 3.05) is 14.1 Å². The number of nitrogens with zero attached hydrogens (tertiary/aromatic N) is 1. The standard InChI is InChI=1S/C11H14N2OS/c1-13(2)12-11(14)8-9-15-10-6-4-3-5-7-10/h3-9H,1-2H3,(H,12,14)/b9-8+. The fourth-order valence-corrected chi connectivity index (χ4v) is 1.59. The molecule has 0 heterocycles. The molecule has 4 heteroatoms. The number of hydrogen-bond acceptors (Lipinski definition) is 3. The Labute approximate surface area is 94.1 Å². The van der Waals surface area contributed by atoms with Crippen LogP contribution >= 0.6 is 11.8 Å². The highest BCUT2D eigenvalue weighted by Gasteiger charge is 1.94. The second kappa shape index (κ2) is 6.27. The Morgan fingerprint density at radius 1 is 1.33 bits per heavy atom. The number of hydrogen-bond donors (Lipinski definition) is 1. The number of hydrazine groups is 1. The molecule has 1 aromatic carbocycles. The summed E-state index contributed by atoms with van der Waals surface area (Å²) in [7, 11) is 3.55. The highest BCUT2D eigenvalue weighted by Crippen LogP contribution is 2.17. The molecule has 1 rings (SSSR count). The maximum Gasteiger partial charge on any atom is 0.258 e. The number of thioether (sulfide) groups is 1. The maximum atomic E-state index is 11.2. The predicted octanol–water partition coefficient (Wildman–Crippen LogP) is 1.89. The summed E-state index contributed by atoms with van der Waals surface area (Å²) in [6.07, 6.45) is 1.51. The van der Waals surface area contributed by atoms with Crippen LogP contribution < -0.4 is 5.43 Å². The number of benzene rings is 1. The van der Waals surface area contributed by atoms with Crippen LogP contribution in [-0.2, 0) is 4.79 Å². The van der Waals surface area contributed by atoms with Crippen molar-refractivity contribution in [3.05, 3.63) is 41.8 Å². The van der Waals surface area contributed by atoms with Crippen LogP contribution in [0.15, 0.2) is 46.7 Å². The Morgan fingerprint density at radius 3 is 2.60 bits per heavy atom. The summed E-state index contributed by atoms with van der Waals surface area (Å²) in [5, 5.41) is 3.38. The van der Waals surface area contributed by atoms with E-state index in [0.29, 0.717) is 0 Å². The van der Waals surface area contributed by atoms with Crippen LogP contribution in [0.25, 0.3) is 0 Å². The summed E-state index contributed by atoms with van der Waals surface area (Å²) in [5.41, 5.74) is 2.62. The van der Waals surface area contributed by atoms with Crippen LogP contribution in [-0.4, -0.2) is 25.0 Å². The van der Waals surface area contributed by atoms with E-state index in [9.17, 15) is 4.79 Å². The lowest BCUT2D eigenvalue weighted by molar-refractivity contribution is -0.120. The minimum Gasteiger partial charge on any atom is -0.286 e. The van der Waals surface area contributed by atoms with Crippen molar-refractivity contribution in [2.45, 2.75) is 4.90 Å². The third-order valence-corrected chi connectivity index (χ3v) is 2.32. The number of nitrogens with one attached hydrogen (secondary N) is 1. The molecule has 0 unspecified atom stereocenters. The van der Waals surface area contributed by atoms with Gasteiger partial charge in [-0.05, 0) is 17.5 Å². The summed E-state index contributed by atoms with van der Waals surface area (Å²) in [4.78, 5) is 12.3. The van der Waals surface area contributed by atoms with E-state index in [1.807, 2.05) is 30.3 Å². The number of amides is 1. The van der Waals surface area contributed by atoms with Gasteiger partial charge in [-0.1, -0.05) is 30.0 Å². The summed E-state index contributed by atoms with van der Waals surface area (Å²) in [6, 6.07) is 9.90. The van der Waals surface area contributed by atoms with Gasteiger partial charge in [-0.2, -0.15) is 0 Å². The molecule has 15 heavy (non-hydrogen) atoms. The second-order valence-corrected chi connectivity index (χ2v) is 4.08. The van der Waals surface area contributed by atoms with E-state index >= 15 is 0 Å². The highest BCUT2D eigenvalue weighted by molar-refractivity contribution is 8.02. The number of carbonyl (C=O) groups excluding carboxylic acids is 1. The van der Waals surface area contributed by atoms with Gasteiger partial charge in [0.25, 0.3) is 5.91 Å². The van der Waals surface area contributed by atoms with Gasteiger partial charge in [-0.25, -0.2) is 5.01 Å². The van der Waals surface area contributed by atoms with E-state index in [1.165, 1.54) is 17.8 Å². The molecule has 0 aliphatic heterocycles. The van der Waals surface area contributed by atoms with E-state index in [-0.39, 0.29) is 5.91 Å². The number of rotatable bonds is 4. The SMILES string of the molecule is CN(C)NC(=O)/C=C/Sc1ccccc1. The summed E-state index contributed by atoms with van der Waals surface area (Å²) < 4.78 is 0. The molecule has 0 aliphatic rings. The molecular weight excluding hydrogens is 208 g/mol. The minimum absolute atomic E-state index is 0.122. The molecule has 0 spiro atoms. The Hall–Kier alpha value is -1.26. The summed E-state index contributed by atoms with van der Waals surface area (Å²) in [6.45, 7) is 0. The van der Waals surface area contributed by atoms with Crippen LogP contribution in [0, 0.1) is 0 Å². The first-order valence-corrected chi connectivity index (χ1v) is 5.42. The van der Waals surface area contributed by atoms with E-state index in [1.54, 1.807) is 24.5 Å². The van der Waals surface area contributed by atoms with Crippen molar-refractivity contribution in [1.29, 1.82) is 0 Å². The highest BCUT2D eigenvalue weighted by atomic mass is 32.2. The van der Waals surface area contributed by atoms with Crippen molar-refractivity contribution < 1.29 is 4.79 Å². The Bertz CT molecular complexity index is 336. The molecule has 0 aliphatic carbocycles. The molecule has 0 bridgehead atoms. The smallest absolute Gasteiger partial charge is 0.258 e. The van der Waals surface area contributed by atoms with E-state index in [4.69, 9.17) is 0 Å². The predicted molar refractivity (Wildman–Crippen MR) is 63.3 cm³/mol. The Balaban J connectivity index is 2.37. The van der Waals surface area contributed by atoms with Crippen LogP contribution in [0.4, 0.5) is 0 Å². The zero-order chi connectivity index (χ0) is 11.1. The van der Waals surface area contributed by atoms with Crippen molar-refractivity contribution >= 4 is 17.7 Å². The quantitative estimate of drug-likeness (QED) is 0.479. The average molecular weight is 222 g/mol. The van der Waals surface area contributed by atoms with Gasteiger partial charge in [0, 0.05) is 25.1 Å².